The van der Waals surface area contributed by atoms with Gasteiger partial charge < -0.3 is 10.1 Å². The van der Waals surface area contributed by atoms with Gasteiger partial charge in [0, 0.05) is 18.9 Å². The Hall–Kier alpha value is -3.55. The standard InChI is InChI=1S/C17H16N4O4/c1-25-17(24)14-6-4-12(5-7-14)11-20-21-16(23)15(22)19-10-13-3-2-8-18-9-13/h2-9,11H,10H2,1H3,(H,19,22)(H,21,23)/b20-11+. The highest BCUT2D eigenvalue weighted by atomic mass is 16.5. The van der Waals surface area contributed by atoms with Crippen LogP contribution in [0.4, 0.5) is 0 Å². The van der Waals surface area contributed by atoms with Gasteiger partial charge in [-0.25, -0.2) is 10.2 Å². The third kappa shape index (κ3) is 5.54. The van der Waals surface area contributed by atoms with Crippen LogP contribution in [0.2, 0.25) is 0 Å². The van der Waals surface area contributed by atoms with Gasteiger partial charge in [0.2, 0.25) is 0 Å². The zero-order chi connectivity index (χ0) is 18.1. The average Bonchev–Trinajstić information content (AvgIpc) is 2.66. The Kier molecular flexibility index (Phi) is 6.35. The van der Waals surface area contributed by atoms with Crippen LogP contribution in [0.5, 0.6) is 0 Å². The first kappa shape index (κ1) is 17.8. The zero-order valence-electron chi connectivity index (χ0n) is 13.4. The van der Waals surface area contributed by atoms with E-state index in [-0.39, 0.29) is 6.54 Å². The summed E-state index contributed by atoms with van der Waals surface area (Å²) in [5.41, 5.74) is 3.95. The number of benzene rings is 1. The third-order valence-electron chi connectivity index (χ3n) is 3.09. The smallest absolute Gasteiger partial charge is 0.337 e. The molecular weight excluding hydrogens is 324 g/mol. The number of carbonyl (C=O) groups excluding carboxylic acids is 3. The van der Waals surface area contributed by atoms with Gasteiger partial charge in [-0.1, -0.05) is 18.2 Å². The third-order valence-corrected chi connectivity index (χ3v) is 3.09. The number of esters is 1. The summed E-state index contributed by atoms with van der Waals surface area (Å²) in [7, 11) is 1.30. The highest BCUT2D eigenvalue weighted by Crippen LogP contribution is 2.03. The van der Waals surface area contributed by atoms with Crippen LogP contribution < -0.4 is 10.7 Å². The van der Waals surface area contributed by atoms with Gasteiger partial charge in [-0.15, -0.1) is 0 Å². The number of nitrogens with zero attached hydrogens (tertiary/aromatic N) is 2. The van der Waals surface area contributed by atoms with E-state index < -0.39 is 17.8 Å². The molecule has 0 saturated heterocycles. The molecule has 0 bridgehead atoms. The summed E-state index contributed by atoms with van der Waals surface area (Å²) in [4.78, 5) is 38.5. The van der Waals surface area contributed by atoms with Crippen molar-refractivity contribution < 1.29 is 19.1 Å². The molecule has 25 heavy (non-hydrogen) atoms. The quantitative estimate of drug-likeness (QED) is 0.359. The molecule has 1 heterocycles. The summed E-state index contributed by atoms with van der Waals surface area (Å²) in [5, 5.41) is 6.16. The number of amides is 2. The van der Waals surface area contributed by atoms with Crippen molar-refractivity contribution in [3.8, 4) is 0 Å². The van der Waals surface area contributed by atoms with Crippen LogP contribution in [0.3, 0.4) is 0 Å². The Morgan fingerprint density at radius 1 is 1.16 bits per heavy atom. The van der Waals surface area contributed by atoms with Gasteiger partial charge >= 0.3 is 17.8 Å². The number of methoxy groups -OCH3 is 1. The summed E-state index contributed by atoms with van der Waals surface area (Å²) < 4.78 is 4.59. The van der Waals surface area contributed by atoms with Crippen molar-refractivity contribution in [1.29, 1.82) is 0 Å². The molecule has 2 N–H and O–H groups in total. The summed E-state index contributed by atoms with van der Waals surface area (Å²) in [6.07, 6.45) is 4.56. The van der Waals surface area contributed by atoms with Crippen LogP contribution in [0, 0.1) is 0 Å². The number of hydrogen-bond donors (Lipinski definition) is 2. The number of rotatable bonds is 5. The number of hydrazone groups is 1. The number of nitrogens with one attached hydrogen (secondary N) is 2. The summed E-state index contributed by atoms with van der Waals surface area (Å²) >= 11 is 0. The molecule has 0 radical (unpaired) electrons. The molecular formula is C17H16N4O4. The maximum Gasteiger partial charge on any atom is 0.337 e. The van der Waals surface area contributed by atoms with Gasteiger partial charge in [-0.2, -0.15) is 5.10 Å². The zero-order valence-corrected chi connectivity index (χ0v) is 13.4. The van der Waals surface area contributed by atoms with E-state index in [1.54, 1.807) is 48.8 Å². The van der Waals surface area contributed by atoms with E-state index in [9.17, 15) is 14.4 Å². The van der Waals surface area contributed by atoms with Gasteiger partial charge in [0.25, 0.3) is 0 Å². The lowest BCUT2D eigenvalue weighted by Crippen LogP contribution is -2.37. The molecule has 0 saturated carbocycles. The molecule has 8 heteroatoms. The van der Waals surface area contributed by atoms with Gasteiger partial charge in [0.15, 0.2) is 0 Å². The van der Waals surface area contributed by atoms with Gasteiger partial charge in [-0.3, -0.25) is 14.6 Å². The van der Waals surface area contributed by atoms with Crippen LogP contribution in [-0.2, 0) is 20.9 Å². The molecule has 128 valence electrons. The van der Waals surface area contributed by atoms with Crippen molar-refractivity contribution in [2.24, 2.45) is 5.10 Å². The first-order valence-electron chi connectivity index (χ1n) is 7.28. The SMILES string of the molecule is COC(=O)c1ccc(/C=N/NC(=O)C(=O)NCc2cccnc2)cc1. The predicted molar refractivity (Wildman–Crippen MR) is 89.6 cm³/mol. The minimum absolute atomic E-state index is 0.193. The van der Waals surface area contributed by atoms with E-state index in [0.717, 1.165) is 5.56 Å². The minimum Gasteiger partial charge on any atom is -0.465 e. The molecule has 0 fully saturated rings. The largest absolute Gasteiger partial charge is 0.465 e. The van der Waals surface area contributed by atoms with Crippen LogP contribution in [0.1, 0.15) is 21.5 Å². The van der Waals surface area contributed by atoms with E-state index >= 15 is 0 Å². The van der Waals surface area contributed by atoms with E-state index in [4.69, 9.17) is 0 Å². The Morgan fingerprint density at radius 2 is 1.92 bits per heavy atom. The normalized spacial score (nSPS) is 10.3. The van der Waals surface area contributed by atoms with Crippen LogP contribution >= 0.6 is 0 Å². The molecule has 8 nitrogen and oxygen atoms in total. The van der Waals surface area contributed by atoms with Crippen LogP contribution in [-0.4, -0.2) is 36.1 Å². The number of ether oxygens (including phenoxy) is 1. The number of hydrogen-bond acceptors (Lipinski definition) is 6. The van der Waals surface area contributed by atoms with E-state index in [2.05, 4.69) is 25.6 Å². The van der Waals surface area contributed by atoms with Crippen LogP contribution in [0.25, 0.3) is 0 Å². The first-order valence-corrected chi connectivity index (χ1v) is 7.28. The van der Waals surface area contributed by atoms with Crippen LogP contribution in [0.15, 0.2) is 53.9 Å². The summed E-state index contributed by atoms with van der Waals surface area (Å²) in [6, 6.07) is 9.90. The highest BCUT2D eigenvalue weighted by molar-refractivity contribution is 6.35. The second-order valence-corrected chi connectivity index (χ2v) is 4.86. The molecule has 1 aromatic carbocycles. The Balaban J connectivity index is 1.81. The van der Waals surface area contributed by atoms with Crippen molar-refractivity contribution in [1.82, 2.24) is 15.7 Å². The van der Waals surface area contributed by atoms with Crippen molar-refractivity contribution in [2.75, 3.05) is 7.11 Å². The minimum atomic E-state index is -0.883. The maximum absolute atomic E-state index is 11.6. The summed E-state index contributed by atoms with van der Waals surface area (Å²) in [6.45, 7) is 0.193. The first-order chi connectivity index (χ1) is 12.1. The van der Waals surface area contributed by atoms with Gasteiger partial charge in [0.1, 0.15) is 0 Å². The highest BCUT2D eigenvalue weighted by Gasteiger charge is 2.11. The molecule has 0 unspecified atom stereocenters. The van der Waals surface area contributed by atoms with Gasteiger partial charge in [0.05, 0.1) is 18.9 Å². The van der Waals surface area contributed by atoms with Crippen molar-refractivity contribution in [3.63, 3.8) is 0 Å². The maximum atomic E-state index is 11.6. The second-order valence-electron chi connectivity index (χ2n) is 4.86. The van der Waals surface area contributed by atoms with E-state index in [1.165, 1.54) is 13.3 Å². The van der Waals surface area contributed by atoms with Crippen molar-refractivity contribution in [2.45, 2.75) is 6.54 Å². The lowest BCUT2D eigenvalue weighted by molar-refractivity contribution is -0.139. The Morgan fingerprint density at radius 3 is 2.56 bits per heavy atom. The number of pyridine rings is 1. The molecule has 0 aliphatic rings. The van der Waals surface area contributed by atoms with E-state index in [1.807, 2.05) is 0 Å². The topological polar surface area (TPSA) is 110 Å². The average molecular weight is 340 g/mol. The molecule has 0 aliphatic heterocycles. The molecule has 0 spiro atoms. The molecule has 2 aromatic rings. The number of aromatic nitrogens is 1. The fraction of sp³-hybridized carbons (Fsp3) is 0.118. The summed E-state index contributed by atoms with van der Waals surface area (Å²) in [5.74, 6) is -2.13. The van der Waals surface area contributed by atoms with E-state index in [0.29, 0.717) is 11.1 Å². The second kappa shape index (κ2) is 8.92. The molecule has 0 aliphatic carbocycles. The predicted octanol–water partition coefficient (Wildman–Crippen LogP) is 0.635. The molecule has 0 atom stereocenters. The lowest BCUT2D eigenvalue weighted by Gasteiger charge is -2.03. The lowest BCUT2D eigenvalue weighted by atomic mass is 10.1. The fourth-order valence-electron chi connectivity index (χ4n) is 1.80. The monoisotopic (exact) mass is 340 g/mol. The number of carbonyl (C=O) groups is 3. The fourth-order valence-corrected chi connectivity index (χ4v) is 1.80. The Bertz CT molecular complexity index is 773. The molecule has 1 aromatic heterocycles. The Labute approximate surface area is 143 Å². The van der Waals surface area contributed by atoms with Gasteiger partial charge in [-0.05, 0) is 29.3 Å². The van der Waals surface area contributed by atoms with Crippen molar-refractivity contribution in [3.05, 3.63) is 65.5 Å². The molecule has 2 amide bonds. The molecule has 2 rings (SSSR count). The van der Waals surface area contributed by atoms with Crippen molar-refractivity contribution >= 4 is 24.0 Å².